The first-order chi connectivity index (χ1) is 11.6. The molecule has 0 aromatic heterocycles. The summed E-state index contributed by atoms with van der Waals surface area (Å²) in [5, 5.41) is 10.5. The van der Waals surface area contributed by atoms with Gasteiger partial charge in [0.05, 0.1) is 5.92 Å². The van der Waals surface area contributed by atoms with Crippen LogP contribution in [0.4, 0.5) is 0 Å². The zero-order chi connectivity index (χ0) is 18.9. The third-order valence-corrected chi connectivity index (χ3v) is 4.33. The summed E-state index contributed by atoms with van der Waals surface area (Å²) in [6, 6.07) is 0. The molecule has 2 rings (SSSR count). The molecule has 1 heterocycles. The Morgan fingerprint density at radius 2 is 1.96 bits per heavy atom. The molecule has 2 aliphatic rings. The van der Waals surface area contributed by atoms with Crippen molar-refractivity contribution in [3.05, 3.63) is 47.6 Å². The van der Waals surface area contributed by atoms with Gasteiger partial charge < -0.3 is 14.6 Å². The molecule has 0 amide bonds. The van der Waals surface area contributed by atoms with E-state index in [1.807, 2.05) is 0 Å². The Labute approximate surface area is 146 Å². The minimum absolute atomic E-state index is 0.135. The maximum absolute atomic E-state index is 12.0. The molecule has 0 saturated carbocycles. The number of fused-ring (bicyclic) bond motifs is 1. The molecule has 1 fully saturated rings. The number of aliphatic hydroxyl groups is 1. The van der Waals surface area contributed by atoms with Gasteiger partial charge >= 0.3 is 11.9 Å². The number of hydrogen-bond acceptors (Lipinski definition) is 6. The second kappa shape index (κ2) is 7.19. The maximum atomic E-state index is 12.0. The third kappa shape index (κ3) is 3.96. The first kappa shape index (κ1) is 18.9. The first-order valence-corrected chi connectivity index (χ1v) is 7.95. The van der Waals surface area contributed by atoms with Crippen molar-refractivity contribution in [1.29, 1.82) is 0 Å². The van der Waals surface area contributed by atoms with E-state index in [1.54, 1.807) is 13.8 Å². The molecule has 134 valence electrons. The van der Waals surface area contributed by atoms with Crippen molar-refractivity contribution in [2.75, 3.05) is 0 Å². The van der Waals surface area contributed by atoms with Gasteiger partial charge in [0, 0.05) is 17.6 Å². The van der Waals surface area contributed by atoms with E-state index in [0.29, 0.717) is 11.1 Å². The number of allylic oxidation sites excluding steroid dienone is 2. The van der Waals surface area contributed by atoms with Crippen LogP contribution in [0.5, 0.6) is 0 Å². The normalized spacial score (nSPS) is 34.2. The van der Waals surface area contributed by atoms with Crippen molar-refractivity contribution in [1.82, 2.24) is 0 Å². The number of ketones is 1. The summed E-state index contributed by atoms with van der Waals surface area (Å²) in [7, 11) is 0. The molecular formula is C19H22O6. The van der Waals surface area contributed by atoms with E-state index in [2.05, 4.69) is 13.2 Å². The lowest BCUT2D eigenvalue weighted by molar-refractivity contribution is -0.150. The fraction of sp³-hybridized carbons (Fsp3) is 0.421. The Morgan fingerprint density at radius 3 is 2.56 bits per heavy atom. The standard InChI is InChI=1S/C19H22O6/c1-9(2)18(22)24-14-7-10(3)6-13(20)8-11(4)16(21)17-15(14)12(5)19(23)25-17/h6,8,14-17,21H,1,5,7H2,2-4H3/b10-6-,11-8-/t14-,15+,16-,17+/m0/s1. The second-order valence-corrected chi connectivity index (χ2v) is 6.58. The highest BCUT2D eigenvalue weighted by molar-refractivity contribution is 6.00. The fourth-order valence-corrected chi connectivity index (χ4v) is 3.01. The SMILES string of the molecule is C=C(C)C(=O)O[C@H]1C/C(C)=C\C(=O)/C=C(/C)[C@H](O)[C@@H]2OC(=O)C(=C)[C@@H]21. The van der Waals surface area contributed by atoms with E-state index in [-0.39, 0.29) is 23.4 Å². The van der Waals surface area contributed by atoms with Gasteiger partial charge in [-0.1, -0.05) is 18.7 Å². The van der Waals surface area contributed by atoms with Crippen LogP contribution in [-0.2, 0) is 23.9 Å². The second-order valence-electron chi connectivity index (χ2n) is 6.58. The lowest BCUT2D eigenvalue weighted by Crippen LogP contribution is -2.41. The molecule has 0 aromatic carbocycles. The van der Waals surface area contributed by atoms with Crippen molar-refractivity contribution >= 4 is 17.7 Å². The Hall–Kier alpha value is -2.47. The number of rotatable bonds is 2. The Balaban J connectivity index is 2.50. The molecule has 0 aromatic rings. The van der Waals surface area contributed by atoms with Gasteiger partial charge in [0.2, 0.25) is 0 Å². The third-order valence-electron chi connectivity index (χ3n) is 4.33. The lowest BCUT2D eigenvalue weighted by atomic mass is 9.83. The molecule has 0 radical (unpaired) electrons. The van der Waals surface area contributed by atoms with Crippen LogP contribution >= 0.6 is 0 Å². The van der Waals surface area contributed by atoms with Crippen LogP contribution in [0.1, 0.15) is 27.2 Å². The molecule has 0 unspecified atom stereocenters. The van der Waals surface area contributed by atoms with Crippen molar-refractivity contribution in [2.45, 2.75) is 45.5 Å². The topological polar surface area (TPSA) is 89.9 Å². The Morgan fingerprint density at radius 1 is 1.32 bits per heavy atom. The maximum Gasteiger partial charge on any atom is 0.334 e. The van der Waals surface area contributed by atoms with E-state index in [9.17, 15) is 19.5 Å². The van der Waals surface area contributed by atoms with Gasteiger partial charge in [-0.05, 0) is 38.5 Å². The van der Waals surface area contributed by atoms with E-state index >= 15 is 0 Å². The monoisotopic (exact) mass is 346 g/mol. The predicted molar refractivity (Wildman–Crippen MR) is 90.3 cm³/mol. The van der Waals surface area contributed by atoms with Gasteiger partial charge in [-0.2, -0.15) is 0 Å². The van der Waals surface area contributed by atoms with E-state index in [1.165, 1.54) is 19.1 Å². The smallest absolute Gasteiger partial charge is 0.334 e. The molecule has 0 bridgehead atoms. The summed E-state index contributed by atoms with van der Waals surface area (Å²) >= 11 is 0. The van der Waals surface area contributed by atoms with Crippen LogP contribution < -0.4 is 0 Å². The van der Waals surface area contributed by atoms with E-state index < -0.39 is 36.2 Å². The Kier molecular flexibility index (Phi) is 5.42. The molecular weight excluding hydrogens is 324 g/mol. The molecule has 6 nitrogen and oxygen atoms in total. The highest BCUT2D eigenvalue weighted by Crippen LogP contribution is 2.37. The molecule has 6 heteroatoms. The highest BCUT2D eigenvalue weighted by atomic mass is 16.6. The van der Waals surface area contributed by atoms with Crippen molar-refractivity contribution in [2.24, 2.45) is 5.92 Å². The van der Waals surface area contributed by atoms with Crippen LogP contribution in [0.25, 0.3) is 0 Å². The zero-order valence-corrected chi connectivity index (χ0v) is 14.6. The average molecular weight is 346 g/mol. The van der Waals surface area contributed by atoms with Gasteiger partial charge in [0.15, 0.2) is 5.78 Å². The summed E-state index contributed by atoms with van der Waals surface area (Å²) in [5.74, 6) is -2.27. The number of ether oxygens (including phenoxy) is 2. The van der Waals surface area contributed by atoms with E-state index in [4.69, 9.17) is 9.47 Å². The van der Waals surface area contributed by atoms with Crippen molar-refractivity contribution in [3.63, 3.8) is 0 Å². The highest BCUT2D eigenvalue weighted by Gasteiger charge is 2.48. The number of aliphatic hydroxyl groups excluding tert-OH is 1. The van der Waals surface area contributed by atoms with Gasteiger partial charge in [-0.3, -0.25) is 4.79 Å². The van der Waals surface area contributed by atoms with Crippen molar-refractivity contribution < 1.29 is 29.0 Å². The minimum atomic E-state index is -1.20. The van der Waals surface area contributed by atoms with Gasteiger partial charge in [-0.25, -0.2) is 9.59 Å². The quantitative estimate of drug-likeness (QED) is 0.606. The van der Waals surface area contributed by atoms with E-state index in [0.717, 1.165) is 0 Å². The predicted octanol–water partition coefficient (Wildman–Crippen LogP) is 1.80. The zero-order valence-electron chi connectivity index (χ0n) is 14.6. The summed E-state index contributed by atoms with van der Waals surface area (Å²) < 4.78 is 10.8. The summed E-state index contributed by atoms with van der Waals surface area (Å²) in [6.45, 7) is 12.1. The minimum Gasteiger partial charge on any atom is -0.458 e. The van der Waals surface area contributed by atoms with Crippen LogP contribution in [0.15, 0.2) is 47.6 Å². The average Bonchev–Trinajstić information content (AvgIpc) is 2.80. The number of hydrogen-bond donors (Lipinski definition) is 1. The number of carbonyl (C=O) groups excluding carboxylic acids is 3. The van der Waals surface area contributed by atoms with Crippen LogP contribution in [-0.4, -0.2) is 41.1 Å². The van der Waals surface area contributed by atoms with Crippen LogP contribution in [0.3, 0.4) is 0 Å². The molecule has 1 saturated heterocycles. The summed E-state index contributed by atoms with van der Waals surface area (Å²) in [5.41, 5.74) is 1.38. The first-order valence-electron chi connectivity index (χ1n) is 7.95. The summed E-state index contributed by atoms with van der Waals surface area (Å²) in [6.07, 6.45) is -0.0503. The lowest BCUT2D eigenvalue weighted by Gasteiger charge is -2.30. The molecule has 0 spiro atoms. The molecule has 1 aliphatic carbocycles. The van der Waals surface area contributed by atoms with Crippen molar-refractivity contribution in [3.8, 4) is 0 Å². The Bertz CT molecular complexity index is 711. The molecule has 4 atom stereocenters. The number of esters is 2. The van der Waals surface area contributed by atoms with Gasteiger partial charge in [-0.15, -0.1) is 0 Å². The molecule has 25 heavy (non-hydrogen) atoms. The van der Waals surface area contributed by atoms with Crippen LogP contribution in [0, 0.1) is 5.92 Å². The van der Waals surface area contributed by atoms with Gasteiger partial charge in [0.1, 0.15) is 18.3 Å². The number of carbonyl (C=O) groups is 3. The molecule has 1 aliphatic heterocycles. The summed E-state index contributed by atoms with van der Waals surface area (Å²) in [4.78, 5) is 36.0. The van der Waals surface area contributed by atoms with Crippen LogP contribution in [0.2, 0.25) is 0 Å². The van der Waals surface area contributed by atoms with Gasteiger partial charge in [0.25, 0.3) is 0 Å². The fourth-order valence-electron chi connectivity index (χ4n) is 3.01. The largest absolute Gasteiger partial charge is 0.458 e. The molecule has 1 N–H and O–H groups in total.